The average Bonchev–Trinajstić information content (AvgIpc) is 3.19. The van der Waals surface area contributed by atoms with Gasteiger partial charge in [-0.1, -0.05) is 36.8 Å². The lowest BCUT2D eigenvalue weighted by Gasteiger charge is -2.33. The van der Waals surface area contributed by atoms with E-state index in [2.05, 4.69) is 36.8 Å². The number of benzene rings is 1. The maximum atomic E-state index is 12.4. The Bertz CT molecular complexity index is 1290. The van der Waals surface area contributed by atoms with Crippen molar-refractivity contribution in [3.63, 3.8) is 0 Å². The van der Waals surface area contributed by atoms with E-state index in [0.717, 1.165) is 66.6 Å². The Morgan fingerprint density at radius 1 is 1.10 bits per heavy atom. The van der Waals surface area contributed by atoms with Gasteiger partial charge in [-0.25, -0.2) is 15.0 Å². The number of nitrogens with zero attached hydrogens (tertiary/aromatic N) is 7. The zero-order chi connectivity index (χ0) is 21.4. The summed E-state index contributed by atoms with van der Waals surface area (Å²) in [6.07, 6.45) is 1.77. The van der Waals surface area contributed by atoms with E-state index in [1.54, 1.807) is 6.07 Å². The van der Waals surface area contributed by atoms with Gasteiger partial charge in [0, 0.05) is 43.3 Å². The molecule has 1 aliphatic heterocycles. The van der Waals surface area contributed by atoms with Gasteiger partial charge in [-0.2, -0.15) is 4.52 Å². The summed E-state index contributed by atoms with van der Waals surface area (Å²) in [4.78, 5) is 31.3. The number of nitrogen functional groups attached to an aromatic ring is 1. The third-order valence-electron chi connectivity index (χ3n) is 5.48. The first-order valence-electron chi connectivity index (χ1n) is 10.5. The number of aryl methyl sites for hydroxylation is 1. The molecule has 1 fully saturated rings. The van der Waals surface area contributed by atoms with Gasteiger partial charge < -0.3 is 10.6 Å². The van der Waals surface area contributed by atoms with Crippen LogP contribution in [0.4, 0.5) is 10.9 Å². The van der Waals surface area contributed by atoms with Crippen LogP contribution in [0.25, 0.3) is 15.9 Å². The van der Waals surface area contributed by atoms with Crippen LogP contribution in [-0.4, -0.2) is 55.6 Å². The zero-order valence-electron chi connectivity index (χ0n) is 17.4. The van der Waals surface area contributed by atoms with Crippen molar-refractivity contribution in [1.82, 2.24) is 29.5 Å². The Labute approximate surface area is 183 Å². The minimum Gasteiger partial charge on any atom is -0.383 e. The van der Waals surface area contributed by atoms with Gasteiger partial charge in [0.05, 0.1) is 12.1 Å². The van der Waals surface area contributed by atoms with Gasteiger partial charge in [0.25, 0.3) is 5.56 Å². The van der Waals surface area contributed by atoms with E-state index in [4.69, 9.17) is 5.73 Å². The molecule has 4 aromatic rings. The number of piperazine rings is 1. The molecule has 4 heterocycles. The molecular formula is C21H24N8OS. The van der Waals surface area contributed by atoms with Gasteiger partial charge in [0.2, 0.25) is 10.1 Å². The predicted octanol–water partition coefficient (Wildman–Crippen LogP) is 1.95. The highest BCUT2D eigenvalue weighted by molar-refractivity contribution is 7.20. The largest absolute Gasteiger partial charge is 0.383 e. The van der Waals surface area contributed by atoms with Gasteiger partial charge in [-0.3, -0.25) is 9.69 Å². The molecule has 0 amide bonds. The predicted molar refractivity (Wildman–Crippen MR) is 123 cm³/mol. The van der Waals surface area contributed by atoms with Crippen molar-refractivity contribution in [2.45, 2.75) is 26.3 Å². The molecule has 0 spiro atoms. The van der Waals surface area contributed by atoms with Crippen LogP contribution >= 0.6 is 11.3 Å². The Hall–Kier alpha value is -3.11. The fourth-order valence-electron chi connectivity index (χ4n) is 3.88. The maximum absolute atomic E-state index is 12.4. The van der Waals surface area contributed by atoms with E-state index in [0.29, 0.717) is 17.3 Å². The number of anilines is 2. The molecule has 0 radical (unpaired) electrons. The van der Waals surface area contributed by atoms with Crippen LogP contribution in [0.5, 0.6) is 0 Å². The second kappa shape index (κ2) is 8.20. The molecule has 9 nitrogen and oxygen atoms in total. The summed E-state index contributed by atoms with van der Waals surface area (Å²) in [6, 6.07) is 9.39. The van der Waals surface area contributed by atoms with E-state index < -0.39 is 0 Å². The molecule has 160 valence electrons. The minimum absolute atomic E-state index is 0.111. The van der Waals surface area contributed by atoms with Gasteiger partial charge in [0.15, 0.2) is 0 Å². The number of hydrogen-bond acceptors (Lipinski definition) is 9. The second-order valence-corrected chi connectivity index (χ2v) is 8.65. The Kier molecular flexibility index (Phi) is 5.24. The number of rotatable bonds is 5. The highest BCUT2D eigenvalue weighted by Crippen LogP contribution is 2.23. The van der Waals surface area contributed by atoms with Gasteiger partial charge in [0.1, 0.15) is 11.6 Å². The Morgan fingerprint density at radius 3 is 2.71 bits per heavy atom. The van der Waals surface area contributed by atoms with Gasteiger partial charge in [-0.15, -0.1) is 5.10 Å². The first kappa shape index (κ1) is 19.8. The lowest BCUT2D eigenvalue weighted by atomic mass is 10.2. The van der Waals surface area contributed by atoms with Crippen molar-refractivity contribution >= 4 is 38.2 Å². The number of para-hydroxylation sites is 1. The summed E-state index contributed by atoms with van der Waals surface area (Å²) in [5.41, 5.74) is 7.72. The van der Waals surface area contributed by atoms with E-state index in [9.17, 15) is 4.79 Å². The summed E-state index contributed by atoms with van der Waals surface area (Å²) in [6.45, 7) is 6.09. The number of nitrogens with two attached hydrogens (primary N) is 1. The SMILES string of the molecule is CCCc1cc(=O)n2nc(N3CCN(Cc4nc(N)c5ccccc5n4)CC3)sc2n1. The first-order chi connectivity index (χ1) is 15.1. The summed E-state index contributed by atoms with van der Waals surface area (Å²) in [5, 5.41) is 6.24. The fraction of sp³-hybridized carbons (Fsp3) is 0.381. The Morgan fingerprint density at radius 2 is 1.90 bits per heavy atom. The van der Waals surface area contributed by atoms with E-state index >= 15 is 0 Å². The van der Waals surface area contributed by atoms with Crippen molar-refractivity contribution in [3.05, 3.63) is 52.2 Å². The van der Waals surface area contributed by atoms with E-state index in [1.807, 2.05) is 24.3 Å². The lowest BCUT2D eigenvalue weighted by molar-refractivity contribution is 0.244. The molecule has 31 heavy (non-hydrogen) atoms. The molecule has 0 aliphatic carbocycles. The molecule has 10 heteroatoms. The molecule has 3 aromatic heterocycles. The first-order valence-corrected chi connectivity index (χ1v) is 11.3. The third-order valence-corrected chi connectivity index (χ3v) is 6.45. The van der Waals surface area contributed by atoms with Crippen LogP contribution in [0.3, 0.4) is 0 Å². The summed E-state index contributed by atoms with van der Waals surface area (Å²) >= 11 is 1.47. The van der Waals surface area contributed by atoms with E-state index in [-0.39, 0.29) is 5.56 Å². The van der Waals surface area contributed by atoms with Crippen LogP contribution in [0.15, 0.2) is 35.1 Å². The molecular weight excluding hydrogens is 412 g/mol. The molecule has 0 unspecified atom stereocenters. The monoisotopic (exact) mass is 436 g/mol. The van der Waals surface area contributed by atoms with E-state index in [1.165, 1.54) is 15.9 Å². The van der Waals surface area contributed by atoms with Crippen molar-refractivity contribution in [2.75, 3.05) is 36.8 Å². The molecule has 0 bridgehead atoms. The smallest absolute Gasteiger partial charge is 0.275 e. The highest BCUT2D eigenvalue weighted by Gasteiger charge is 2.22. The Balaban J connectivity index is 1.28. The number of aromatic nitrogens is 5. The topological polar surface area (TPSA) is 106 Å². The number of fused-ring (bicyclic) bond motifs is 2. The van der Waals surface area contributed by atoms with Crippen molar-refractivity contribution < 1.29 is 0 Å². The van der Waals surface area contributed by atoms with Crippen LogP contribution in [-0.2, 0) is 13.0 Å². The lowest BCUT2D eigenvalue weighted by Crippen LogP contribution is -2.46. The highest BCUT2D eigenvalue weighted by atomic mass is 32.1. The van der Waals surface area contributed by atoms with Crippen LogP contribution in [0, 0.1) is 0 Å². The van der Waals surface area contributed by atoms with Gasteiger partial charge >= 0.3 is 0 Å². The zero-order valence-corrected chi connectivity index (χ0v) is 18.2. The van der Waals surface area contributed by atoms with Crippen LogP contribution < -0.4 is 16.2 Å². The van der Waals surface area contributed by atoms with Crippen molar-refractivity contribution in [2.24, 2.45) is 0 Å². The molecule has 1 saturated heterocycles. The molecule has 1 aliphatic rings. The standard InChI is InChI=1S/C21H24N8OS/c1-2-5-14-12-18(30)29-20(23-14)31-21(26-29)28-10-8-27(9-11-28)13-17-24-16-7-4-3-6-15(16)19(22)25-17/h3-4,6-7,12H,2,5,8-11,13H2,1H3,(H2,22,24,25). The normalized spacial score (nSPS) is 15.2. The van der Waals surface area contributed by atoms with Crippen molar-refractivity contribution in [3.8, 4) is 0 Å². The molecule has 0 saturated carbocycles. The minimum atomic E-state index is -0.111. The van der Waals surface area contributed by atoms with Gasteiger partial charge in [-0.05, 0) is 18.6 Å². The summed E-state index contributed by atoms with van der Waals surface area (Å²) in [5.74, 6) is 1.26. The van der Waals surface area contributed by atoms with Crippen molar-refractivity contribution in [1.29, 1.82) is 0 Å². The van der Waals surface area contributed by atoms with Crippen LogP contribution in [0.2, 0.25) is 0 Å². The average molecular weight is 437 g/mol. The molecule has 2 N–H and O–H groups in total. The third kappa shape index (κ3) is 3.96. The molecule has 5 rings (SSSR count). The summed E-state index contributed by atoms with van der Waals surface area (Å²) < 4.78 is 1.41. The second-order valence-electron chi connectivity index (χ2n) is 7.72. The van der Waals surface area contributed by atoms with Crippen LogP contribution in [0.1, 0.15) is 24.9 Å². The number of hydrogen-bond donors (Lipinski definition) is 1. The summed E-state index contributed by atoms with van der Waals surface area (Å²) in [7, 11) is 0. The maximum Gasteiger partial charge on any atom is 0.275 e. The molecule has 0 atom stereocenters. The quantitative estimate of drug-likeness (QED) is 0.506. The molecule has 1 aromatic carbocycles. The fourth-order valence-corrected chi connectivity index (χ4v) is 4.85.